The second kappa shape index (κ2) is 4.01. The van der Waals surface area contributed by atoms with Crippen molar-refractivity contribution in [2.45, 2.75) is 26.2 Å². The zero-order valence-electron chi connectivity index (χ0n) is 8.79. The third-order valence-electron chi connectivity index (χ3n) is 2.79. The Bertz CT molecular complexity index is 389. The molecule has 0 bridgehead atoms. The van der Waals surface area contributed by atoms with Gasteiger partial charge in [0.2, 0.25) is 5.91 Å². The van der Waals surface area contributed by atoms with Gasteiger partial charge in [-0.2, -0.15) is 0 Å². The molecule has 1 aliphatic rings. The van der Waals surface area contributed by atoms with Gasteiger partial charge in [-0.3, -0.25) is 4.79 Å². The Balaban J connectivity index is 2.28. The van der Waals surface area contributed by atoms with E-state index in [0.29, 0.717) is 24.2 Å². The van der Waals surface area contributed by atoms with Gasteiger partial charge in [0.05, 0.1) is 0 Å². The number of aryl methyl sites for hydroxylation is 1. The molecule has 2 rings (SSSR count). The van der Waals surface area contributed by atoms with Crippen LogP contribution in [0.3, 0.4) is 0 Å². The summed E-state index contributed by atoms with van der Waals surface area (Å²) in [6.07, 6.45) is 2.53. The molecule has 1 heterocycles. The first-order chi connectivity index (χ1) is 7.18. The van der Waals surface area contributed by atoms with E-state index >= 15 is 0 Å². The number of nitrogens with zero attached hydrogens (tertiary/aromatic N) is 1. The molecule has 0 spiro atoms. The normalized spacial score (nSPS) is 16.9. The Labute approximate surface area is 88.7 Å². The molecule has 0 aliphatic carbocycles. The Kier molecular flexibility index (Phi) is 2.71. The summed E-state index contributed by atoms with van der Waals surface area (Å²) in [5.41, 5.74) is 1.30. The highest BCUT2D eigenvalue weighted by molar-refractivity contribution is 5.93. The van der Waals surface area contributed by atoms with Crippen LogP contribution in [0.25, 0.3) is 0 Å². The zero-order chi connectivity index (χ0) is 10.8. The van der Waals surface area contributed by atoms with Crippen molar-refractivity contribution in [1.82, 2.24) is 0 Å². The highest BCUT2D eigenvalue weighted by atomic mass is 19.1. The SMILES string of the molecule is Cc1ccc(N2CCCCC2=O)cc1F. The molecule has 1 saturated heterocycles. The maximum absolute atomic E-state index is 13.3. The molecule has 1 amide bonds. The maximum atomic E-state index is 13.3. The smallest absolute Gasteiger partial charge is 0.226 e. The van der Waals surface area contributed by atoms with Gasteiger partial charge in [0.25, 0.3) is 0 Å². The minimum absolute atomic E-state index is 0.101. The Morgan fingerprint density at radius 1 is 1.33 bits per heavy atom. The van der Waals surface area contributed by atoms with Gasteiger partial charge >= 0.3 is 0 Å². The number of hydrogen-bond acceptors (Lipinski definition) is 1. The van der Waals surface area contributed by atoms with Gasteiger partial charge in [-0.15, -0.1) is 0 Å². The lowest BCUT2D eigenvalue weighted by Crippen LogP contribution is -2.35. The van der Waals surface area contributed by atoms with Gasteiger partial charge in [0.1, 0.15) is 5.82 Å². The summed E-state index contributed by atoms with van der Waals surface area (Å²) in [5.74, 6) is -0.143. The fourth-order valence-corrected chi connectivity index (χ4v) is 1.83. The predicted octanol–water partition coefficient (Wildman–Crippen LogP) is 2.65. The highest BCUT2D eigenvalue weighted by Crippen LogP contribution is 2.22. The first-order valence-electron chi connectivity index (χ1n) is 5.25. The fourth-order valence-electron chi connectivity index (χ4n) is 1.83. The minimum atomic E-state index is -0.245. The van der Waals surface area contributed by atoms with Crippen molar-refractivity contribution in [3.63, 3.8) is 0 Å². The number of piperidine rings is 1. The second-order valence-corrected chi connectivity index (χ2v) is 3.94. The van der Waals surface area contributed by atoms with E-state index in [1.54, 1.807) is 17.9 Å². The zero-order valence-corrected chi connectivity index (χ0v) is 8.79. The van der Waals surface area contributed by atoms with Crippen LogP contribution in [0, 0.1) is 12.7 Å². The van der Waals surface area contributed by atoms with Gasteiger partial charge in [0, 0.05) is 18.7 Å². The van der Waals surface area contributed by atoms with Gasteiger partial charge < -0.3 is 4.90 Å². The summed E-state index contributed by atoms with van der Waals surface area (Å²) < 4.78 is 13.3. The molecule has 0 N–H and O–H groups in total. The molecular formula is C12H14FNO. The van der Waals surface area contributed by atoms with Crippen molar-refractivity contribution in [3.8, 4) is 0 Å². The lowest BCUT2D eigenvalue weighted by molar-refractivity contribution is -0.119. The molecular weight excluding hydrogens is 193 g/mol. The number of anilines is 1. The molecule has 0 radical (unpaired) electrons. The molecule has 0 saturated carbocycles. The van der Waals surface area contributed by atoms with E-state index in [1.807, 2.05) is 6.07 Å². The fraction of sp³-hybridized carbons (Fsp3) is 0.417. The first kappa shape index (κ1) is 10.1. The van der Waals surface area contributed by atoms with Crippen LogP contribution in [0.4, 0.5) is 10.1 Å². The molecule has 3 heteroatoms. The molecule has 15 heavy (non-hydrogen) atoms. The quantitative estimate of drug-likeness (QED) is 0.693. The second-order valence-electron chi connectivity index (χ2n) is 3.94. The lowest BCUT2D eigenvalue weighted by Gasteiger charge is -2.26. The van der Waals surface area contributed by atoms with Crippen LogP contribution in [-0.2, 0) is 4.79 Å². The van der Waals surface area contributed by atoms with Crippen LogP contribution in [0.15, 0.2) is 18.2 Å². The van der Waals surface area contributed by atoms with Crippen LogP contribution >= 0.6 is 0 Å². The summed E-state index contributed by atoms with van der Waals surface area (Å²) in [5, 5.41) is 0. The summed E-state index contributed by atoms with van der Waals surface area (Å²) in [6, 6.07) is 4.97. The van der Waals surface area contributed by atoms with Crippen LogP contribution < -0.4 is 4.90 Å². The molecule has 0 unspecified atom stereocenters. The predicted molar refractivity (Wildman–Crippen MR) is 57.3 cm³/mol. The van der Waals surface area contributed by atoms with Gasteiger partial charge in [-0.05, 0) is 37.5 Å². The number of rotatable bonds is 1. The van der Waals surface area contributed by atoms with Crippen molar-refractivity contribution in [2.75, 3.05) is 11.4 Å². The molecule has 1 aromatic carbocycles. The van der Waals surface area contributed by atoms with E-state index in [1.165, 1.54) is 6.07 Å². The van der Waals surface area contributed by atoms with Crippen LogP contribution in [0.2, 0.25) is 0 Å². The summed E-state index contributed by atoms with van der Waals surface area (Å²) in [6.45, 7) is 2.43. The number of hydrogen-bond donors (Lipinski definition) is 0. The summed E-state index contributed by atoms with van der Waals surface area (Å²) >= 11 is 0. The summed E-state index contributed by atoms with van der Waals surface area (Å²) in [7, 11) is 0. The van der Waals surface area contributed by atoms with Crippen molar-refractivity contribution < 1.29 is 9.18 Å². The number of halogens is 1. The Hall–Kier alpha value is -1.38. The molecule has 1 fully saturated rings. The third-order valence-corrected chi connectivity index (χ3v) is 2.79. The number of benzene rings is 1. The van der Waals surface area contributed by atoms with Crippen molar-refractivity contribution in [2.24, 2.45) is 0 Å². The number of carbonyl (C=O) groups is 1. The standard InChI is InChI=1S/C12H14FNO/c1-9-5-6-10(8-11(9)13)14-7-3-2-4-12(14)15/h5-6,8H,2-4,7H2,1H3. The van der Waals surface area contributed by atoms with Crippen molar-refractivity contribution >= 4 is 11.6 Å². The average Bonchev–Trinajstić information content (AvgIpc) is 2.23. The van der Waals surface area contributed by atoms with Gasteiger partial charge in [0.15, 0.2) is 0 Å². The van der Waals surface area contributed by atoms with Gasteiger partial charge in [-0.1, -0.05) is 6.07 Å². The Morgan fingerprint density at radius 3 is 2.80 bits per heavy atom. The van der Waals surface area contributed by atoms with E-state index in [9.17, 15) is 9.18 Å². The van der Waals surface area contributed by atoms with Crippen LogP contribution in [0.5, 0.6) is 0 Å². The largest absolute Gasteiger partial charge is 0.312 e. The lowest BCUT2D eigenvalue weighted by atomic mass is 10.1. The maximum Gasteiger partial charge on any atom is 0.226 e. The van der Waals surface area contributed by atoms with E-state index in [2.05, 4.69) is 0 Å². The monoisotopic (exact) mass is 207 g/mol. The summed E-state index contributed by atoms with van der Waals surface area (Å²) in [4.78, 5) is 13.3. The van der Waals surface area contributed by atoms with Crippen molar-refractivity contribution in [1.29, 1.82) is 0 Å². The number of carbonyl (C=O) groups excluding carboxylic acids is 1. The van der Waals surface area contributed by atoms with Crippen LogP contribution in [0.1, 0.15) is 24.8 Å². The molecule has 80 valence electrons. The van der Waals surface area contributed by atoms with E-state index in [0.717, 1.165) is 12.8 Å². The van der Waals surface area contributed by atoms with Gasteiger partial charge in [-0.25, -0.2) is 4.39 Å². The number of amides is 1. The highest BCUT2D eigenvalue weighted by Gasteiger charge is 2.19. The molecule has 0 aromatic heterocycles. The average molecular weight is 207 g/mol. The molecule has 2 nitrogen and oxygen atoms in total. The first-order valence-corrected chi connectivity index (χ1v) is 5.25. The van der Waals surface area contributed by atoms with E-state index in [4.69, 9.17) is 0 Å². The molecule has 0 atom stereocenters. The van der Waals surface area contributed by atoms with Crippen LogP contribution in [-0.4, -0.2) is 12.5 Å². The molecule has 1 aromatic rings. The Morgan fingerprint density at radius 2 is 2.13 bits per heavy atom. The third kappa shape index (κ3) is 2.01. The van der Waals surface area contributed by atoms with E-state index < -0.39 is 0 Å². The minimum Gasteiger partial charge on any atom is -0.312 e. The van der Waals surface area contributed by atoms with Crippen molar-refractivity contribution in [3.05, 3.63) is 29.6 Å². The topological polar surface area (TPSA) is 20.3 Å². The molecule has 1 aliphatic heterocycles. The van der Waals surface area contributed by atoms with E-state index in [-0.39, 0.29) is 11.7 Å².